The van der Waals surface area contributed by atoms with Crippen LogP contribution in [-0.4, -0.2) is 234 Å². The zero-order chi connectivity index (χ0) is 73.7. The SMILES string of the molecule is CC1(O)CC2CCC(C1)N2c1cc(-c2cnc(N)nc2)nc(N2CC3CC2C3)n1.Nc1ncc(-c2cc(N3CC4CC3CN4)nc(N3CC4CC3C4)n2)cn1.Nc1ncc(-c2cc(N3C[C@@H]4C[C@H]3CN4CC(F)(F)F)nc(N3CC4CC3C4)n2)cn1.Nc1ncc(-c2cc(N3C[C@@H]4C[C@H]3CO4)nc(C3CC3)n2)cn1. The Balaban J connectivity index is 0.0000000959. The van der Waals surface area contributed by atoms with Gasteiger partial charge in [-0.1, -0.05) is 0 Å². The van der Waals surface area contributed by atoms with Gasteiger partial charge in [-0.3, -0.25) is 4.90 Å². The smallest absolute Gasteiger partial charge is 0.390 e. The molecule has 18 fully saturated rings. The van der Waals surface area contributed by atoms with Gasteiger partial charge in [0.25, 0.3) is 0 Å². The summed E-state index contributed by atoms with van der Waals surface area (Å²) in [6.07, 6.45) is 26.5. The van der Waals surface area contributed by atoms with Crippen LogP contribution in [0.5, 0.6) is 0 Å². The van der Waals surface area contributed by atoms with E-state index in [1.807, 2.05) is 19.1 Å². The zero-order valence-electron chi connectivity index (χ0n) is 60.8. The van der Waals surface area contributed by atoms with Gasteiger partial charge in [-0.2, -0.15) is 28.1 Å². The molecule has 8 aromatic heterocycles. The Morgan fingerprint density at radius 2 is 0.872 bits per heavy atom. The maximum absolute atomic E-state index is 12.9. The molecule has 4 unspecified atom stereocenters. The third kappa shape index (κ3) is 13.5. The number of nitrogens with one attached hydrogen (secondary N) is 1. The summed E-state index contributed by atoms with van der Waals surface area (Å²) >= 11 is 0. The quantitative estimate of drug-likeness (QED) is 0.0774. The van der Waals surface area contributed by atoms with Gasteiger partial charge in [0, 0.05) is 209 Å². The molecule has 0 aromatic carbocycles. The zero-order valence-corrected chi connectivity index (χ0v) is 60.8. The topological polar surface area (TPSA) is 378 Å². The Bertz CT molecular complexity index is 4690. The van der Waals surface area contributed by atoms with E-state index in [1.54, 1.807) is 54.5 Å². The normalized spacial score (nSPS) is 30.8. The number of piperidine rings is 1. The molecule has 4 aliphatic carbocycles. The molecule has 14 aliphatic heterocycles. The lowest BCUT2D eigenvalue weighted by atomic mass is 9.86. The van der Waals surface area contributed by atoms with E-state index in [-0.39, 0.29) is 35.9 Å². The molecule has 8 aromatic rings. The highest BCUT2D eigenvalue weighted by Gasteiger charge is 2.52. The van der Waals surface area contributed by atoms with Crippen LogP contribution >= 0.6 is 0 Å². The molecule has 0 amide bonds. The highest BCUT2D eigenvalue weighted by Crippen LogP contribution is 2.49. The second-order valence-corrected chi connectivity index (χ2v) is 33.3. The standard InChI is InChI=1S/C21H27N7O.C20H23F3N8.C18H22N8.C16H18N6O/c1-21(29)7-14-2-3-15(8-21)28(14)18-6-17(13-9-23-19(22)24-10-13)25-20(26-18)27-11-12-4-16(27)5-12;21-20(22,23)10-29-8-15-3-14(29)9-30(15)17-4-16(12-5-25-18(24)26-6-12)27-19(28-17)31-7-11-1-13(31)2-11;19-17-21-5-11(6-22-17)15-4-16(25-9-12-3-14(25)7-20-12)24-18(23-15)26-8-10-1-13(26)2-10;17-16-18-5-10(6-19-16)13-4-14(21-15(20-13)9-1-2-9)22-7-12-3-11(22)8-23-12/h6,9-10,12,14-16,29H,2-5,7-8,11H2,1H3,(H2,22,23,24);4-6,11,13-15H,1-3,7-10H2,(H2,24,25,26);4-6,10,12-14,20H,1-3,7-9H2,(H2,19,21,22);4-6,9,11-12H,1-3,7-8H2,(H2,17,18,19)/t;11?,13?,14-,15-;;11-,12-/m.0.0/s1. The summed E-state index contributed by atoms with van der Waals surface area (Å²) in [6, 6.07) is 11.9. The van der Waals surface area contributed by atoms with Crippen molar-refractivity contribution in [3.63, 3.8) is 0 Å². The van der Waals surface area contributed by atoms with Gasteiger partial charge >= 0.3 is 6.18 Å². The van der Waals surface area contributed by atoms with Crippen molar-refractivity contribution in [2.75, 3.05) is 123 Å². The molecule has 18 aliphatic rings. The Labute approximate surface area is 627 Å². The predicted octanol–water partition coefficient (Wildman–Crippen LogP) is 5.97. The number of hydrogen-bond acceptors (Lipinski definition) is 31. The first-order valence-corrected chi connectivity index (χ1v) is 38.9. The van der Waals surface area contributed by atoms with E-state index >= 15 is 0 Å². The van der Waals surface area contributed by atoms with Crippen molar-refractivity contribution in [1.82, 2.24) is 90.0 Å². The van der Waals surface area contributed by atoms with Crippen LogP contribution < -0.4 is 62.6 Å². The number of likely N-dealkylation sites (tertiary alicyclic amines) is 1. The van der Waals surface area contributed by atoms with Crippen molar-refractivity contribution in [3.05, 3.63) is 79.7 Å². The second kappa shape index (κ2) is 26.7. The monoisotopic (exact) mass is 1490 g/mol. The van der Waals surface area contributed by atoms with E-state index in [0.717, 1.165) is 177 Å². The maximum atomic E-state index is 12.9. The van der Waals surface area contributed by atoms with Crippen LogP contribution in [0.25, 0.3) is 45.0 Å². The first-order valence-electron chi connectivity index (χ1n) is 38.9. The minimum atomic E-state index is -4.17. The van der Waals surface area contributed by atoms with Crippen molar-refractivity contribution in [3.8, 4) is 45.0 Å². The number of hydrogen-bond donors (Lipinski definition) is 6. The Morgan fingerprint density at radius 1 is 0.440 bits per heavy atom. The molecule has 31 nitrogen and oxygen atoms in total. The van der Waals surface area contributed by atoms with E-state index in [1.165, 1.54) is 57.8 Å². The minimum Gasteiger partial charge on any atom is -0.390 e. The number of halogens is 3. The van der Waals surface area contributed by atoms with E-state index < -0.39 is 18.3 Å². The van der Waals surface area contributed by atoms with Gasteiger partial charge < -0.3 is 72.4 Å². The average molecular weight is 1490 g/mol. The summed E-state index contributed by atoms with van der Waals surface area (Å²) in [5, 5.41) is 14.2. The highest BCUT2D eigenvalue weighted by atomic mass is 19.4. The van der Waals surface area contributed by atoms with Crippen molar-refractivity contribution in [2.45, 2.75) is 187 Å². The number of nitrogen functional groups attached to an aromatic ring is 4. The second-order valence-electron chi connectivity index (χ2n) is 33.3. The largest absolute Gasteiger partial charge is 0.401 e. The lowest BCUT2D eigenvalue weighted by molar-refractivity contribution is -0.148. The number of piperazine rings is 2. The first kappa shape index (κ1) is 68.3. The number of nitrogens with zero attached hydrogens (tertiary/aromatic N) is 24. The Kier molecular flexibility index (Phi) is 16.7. The van der Waals surface area contributed by atoms with E-state index in [2.05, 4.69) is 91.6 Å². The maximum Gasteiger partial charge on any atom is 0.401 e. The van der Waals surface area contributed by atoms with Crippen LogP contribution in [0, 0.1) is 17.8 Å². The fourth-order valence-electron chi connectivity index (χ4n) is 19.8. The number of anilines is 11. The van der Waals surface area contributed by atoms with Gasteiger partial charge in [0.15, 0.2) is 0 Å². The molecule has 8 atom stereocenters. The Hall–Kier alpha value is -9.93. The molecule has 26 rings (SSSR count). The van der Waals surface area contributed by atoms with Crippen LogP contribution in [0.4, 0.5) is 78.1 Å². The number of aliphatic hydroxyl groups is 1. The lowest BCUT2D eigenvalue weighted by Gasteiger charge is -2.43. The molecule has 109 heavy (non-hydrogen) atoms. The van der Waals surface area contributed by atoms with Gasteiger partial charge in [-0.15, -0.1) is 0 Å². The molecule has 0 radical (unpaired) electrons. The van der Waals surface area contributed by atoms with E-state index in [9.17, 15) is 18.3 Å². The van der Waals surface area contributed by atoms with Crippen LogP contribution in [0.3, 0.4) is 0 Å². The number of rotatable bonds is 13. The number of aromatic nitrogens is 16. The van der Waals surface area contributed by atoms with Crippen LogP contribution in [-0.2, 0) is 4.74 Å². The number of nitrogens with two attached hydrogens (primary N) is 4. The van der Waals surface area contributed by atoms with Gasteiger partial charge in [0.1, 0.15) is 29.1 Å². The summed E-state index contributed by atoms with van der Waals surface area (Å²) in [6.45, 7) is 8.93. The van der Waals surface area contributed by atoms with Crippen LogP contribution in [0.15, 0.2) is 73.8 Å². The lowest BCUT2D eigenvalue weighted by Crippen LogP contribution is -2.50. The summed E-state index contributed by atoms with van der Waals surface area (Å²) in [4.78, 5) is 89.9. The number of ether oxygens (including phenoxy) is 1. The molecule has 34 heteroatoms. The van der Waals surface area contributed by atoms with Crippen molar-refractivity contribution in [1.29, 1.82) is 0 Å². The molecular weight excluding hydrogens is 1400 g/mol. The molecule has 0 spiro atoms. The third-order valence-electron chi connectivity index (χ3n) is 25.5. The van der Waals surface area contributed by atoms with Crippen LogP contribution in [0.2, 0.25) is 0 Å². The Morgan fingerprint density at radius 3 is 1.25 bits per heavy atom. The molecule has 14 bridgehead atoms. The van der Waals surface area contributed by atoms with Crippen molar-refractivity contribution in [2.24, 2.45) is 17.8 Å². The predicted molar refractivity (Wildman–Crippen MR) is 403 cm³/mol. The summed E-state index contributed by atoms with van der Waals surface area (Å²) in [5.41, 5.74) is 28.6. The van der Waals surface area contributed by atoms with E-state index in [0.29, 0.717) is 91.0 Å². The summed E-state index contributed by atoms with van der Waals surface area (Å²) in [5.74, 6) is 10.9. The minimum absolute atomic E-state index is 0.0258. The molecular formula is C75H90F3N29O2. The van der Waals surface area contributed by atoms with Crippen molar-refractivity contribution < 1.29 is 23.0 Å². The van der Waals surface area contributed by atoms with Gasteiger partial charge in [0.05, 0.1) is 53.7 Å². The average Bonchev–Trinajstić information content (AvgIpc) is 1.66. The number of alkyl halides is 3. The molecule has 4 saturated carbocycles. The van der Waals surface area contributed by atoms with Crippen LogP contribution in [0.1, 0.15) is 115 Å². The molecule has 14 saturated heterocycles. The molecule has 22 heterocycles. The fraction of sp³-hybridized carbons (Fsp3) is 0.573. The fourth-order valence-corrected chi connectivity index (χ4v) is 19.8. The highest BCUT2D eigenvalue weighted by molar-refractivity contribution is 5.69. The number of morpholine rings is 1. The first-order chi connectivity index (χ1) is 52.8. The van der Waals surface area contributed by atoms with Gasteiger partial charge in [0.2, 0.25) is 41.6 Å². The summed E-state index contributed by atoms with van der Waals surface area (Å²) in [7, 11) is 0. The molecule has 568 valence electrons. The third-order valence-corrected chi connectivity index (χ3v) is 25.5. The number of fused-ring (bicyclic) bond motifs is 11. The molecule has 10 N–H and O–H groups in total. The van der Waals surface area contributed by atoms with E-state index in [4.69, 9.17) is 67.5 Å². The van der Waals surface area contributed by atoms with Gasteiger partial charge in [-0.25, -0.2) is 64.8 Å². The summed E-state index contributed by atoms with van der Waals surface area (Å²) < 4.78 is 44.4. The van der Waals surface area contributed by atoms with Crippen molar-refractivity contribution >= 4 is 64.9 Å². The van der Waals surface area contributed by atoms with Gasteiger partial charge in [-0.05, 0) is 121 Å².